The Balaban J connectivity index is 2.17. The number of carbonyl (C=O) groups excluding carboxylic acids is 1. The van der Waals surface area contributed by atoms with Crippen LogP contribution in [0.3, 0.4) is 0 Å². The molecule has 1 saturated heterocycles. The monoisotopic (exact) mass is 250 g/mol. The van der Waals surface area contributed by atoms with Crippen molar-refractivity contribution in [3.8, 4) is 0 Å². The molecule has 0 spiro atoms. The second-order valence-electron chi connectivity index (χ2n) is 4.51. The van der Waals surface area contributed by atoms with Gasteiger partial charge < -0.3 is 15.7 Å². The van der Waals surface area contributed by atoms with Crippen LogP contribution in [0.1, 0.15) is 36.2 Å². The van der Waals surface area contributed by atoms with E-state index in [0.717, 1.165) is 25.7 Å². The summed E-state index contributed by atoms with van der Waals surface area (Å²) in [7, 11) is 0. The summed E-state index contributed by atoms with van der Waals surface area (Å²) in [4.78, 5) is 21.9. The summed E-state index contributed by atoms with van der Waals surface area (Å²) in [6.07, 6.45) is 6.70. The Morgan fingerprint density at radius 1 is 1.39 bits per heavy atom. The number of hydrogen-bond donors (Lipinski definition) is 2. The van der Waals surface area contributed by atoms with Crippen molar-refractivity contribution in [1.29, 1.82) is 0 Å². The number of nitrogen functional groups attached to an aromatic ring is 1. The van der Waals surface area contributed by atoms with Gasteiger partial charge in [0.2, 0.25) is 0 Å². The standard InChI is InChI=1S/C12H18N4O2/c13-11-7-14-10(6-15-11)12(18)16-5-3-1-2-4-9(16)8-17/h6-7,9,17H,1-5,8H2,(H2,13,15). The molecule has 1 fully saturated rings. The van der Waals surface area contributed by atoms with Gasteiger partial charge in [0.05, 0.1) is 25.0 Å². The van der Waals surface area contributed by atoms with E-state index in [-0.39, 0.29) is 24.2 Å². The average Bonchev–Trinajstić information content (AvgIpc) is 2.63. The molecule has 0 bridgehead atoms. The van der Waals surface area contributed by atoms with E-state index in [0.29, 0.717) is 12.4 Å². The molecule has 0 radical (unpaired) electrons. The second kappa shape index (κ2) is 5.77. The fraction of sp³-hybridized carbons (Fsp3) is 0.583. The first-order valence-electron chi connectivity index (χ1n) is 6.21. The van der Waals surface area contributed by atoms with Crippen LogP contribution in [0.4, 0.5) is 5.82 Å². The molecule has 1 aliphatic heterocycles. The summed E-state index contributed by atoms with van der Waals surface area (Å²) < 4.78 is 0. The van der Waals surface area contributed by atoms with Crippen LogP contribution >= 0.6 is 0 Å². The predicted octanol–water partition coefficient (Wildman–Crippen LogP) is 0.436. The zero-order chi connectivity index (χ0) is 13.0. The highest BCUT2D eigenvalue weighted by molar-refractivity contribution is 5.92. The predicted molar refractivity (Wildman–Crippen MR) is 66.8 cm³/mol. The van der Waals surface area contributed by atoms with Crippen molar-refractivity contribution in [1.82, 2.24) is 14.9 Å². The Morgan fingerprint density at radius 2 is 2.22 bits per heavy atom. The third-order valence-corrected chi connectivity index (χ3v) is 3.24. The van der Waals surface area contributed by atoms with E-state index in [1.54, 1.807) is 4.90 Å². The molecule has 98 valence electrons. The number of rotatable bonds is 2. The maximum absolute atomic E-state index is 12.3. The van der Waals surface area contributed by atoms with Crippen molar-refractivity contribution < 1.29 is 9.90 Å². The molecular formula is C12H18N4O2. The zero-order valence-electron chi connectivity index (χ0n) is 10.2. The molecule has 0 aliphatic carbocycles. The van der Waals surface area contributed by atoms with Gasteiger partial charge in [-0.05, 0) is 12.8 Å². The molecule has 1 aromatic heterocycles. The lowest BCUT2D eigenvalue weighted by Gasteiger charge is -2.28. The first kappa shape index (κ1) is 12.8. The van der Waals surface area contributed by atoms with Gasteiger partial charge in [0.1, 0.15) is 11.5 Å². The molecule has 1 amide bonds. The maximum Gasteiger partial charge on any atom is 0.274 e. The zero-order valence-corrected chi connectivity index (χ0v) is 10.2. The van der Waals surface area contributed by atoms with Gasteiger partial charge in [0, 0.05) is 6.54 Å². The molecule has 18 heavy (non-hydrogen) atoms. The number of nitrogens with zero attached hydrogens (tertiary/aromatic N) is 3. The van der Waals surface area contributed by atoms with Crippen LogP contribution in [0.5, 0.6) is 0 Å². The Labute approximate surface area is 106 Å². The molecule has 1 aliphatic rings. The van der Waals surface area contributed by atoms with Gasteiger partial charge in [-0.25, -0.2) is 9.97 Å². The first-order chi connectivity index (χ1) is 8.72. The van der Waals surface area contributed by atoms with Gasteiger partial charge in [0.15, 0.2) is 0 Å². The van der Waals surface area contributed by atoms with Crippen molar-refractivity contribution in [2.75, 3.05) is 18.9 Å². The molecule has 1 unspecified atom stereocenters. The lowest BCUT2D eigenvalue weighted by atomic mass is 10.1. The molecule has 2 rings (SSSR count). The van der Waals surface area contributed by atoms with E-state index in [1.165, 1.54) is 12.4 Å². The van der Waals surface area contributed by atoms with Crippen LogP contribution in [0.25, 0.3) is 0 Å². The number of hydrogen-bond acceptors (Lipinski definition) is 5. The summed E-state index contributed by atoms with van der Waals surface area (Å²) in [6.45, 7) is 0.657. The fourth-order valence-electron chi connectivity index (χ4n) is 2.23. The van der Waals surface area contributed by atoms with Gasteiger partial charge in [-0.1, -0.05) is 12.8 Å². The molecule has 3 N–H and O–H groups in total. The van der Waals surface area contributed by atoms with Crippen molar-refractivity contribution in [3.63, 3.8) is 0 Å². The number of aliphatic hydroxyl groups excluding tert-OH is 1. The molecule has 1 aromatic rings. The van der Waals surface area contributed by atoms with E-state index >= 15 is 0 Å². The van der Waals surface area contributed by atoms with Gasteiger partial charge in [-0.15, -0.1) is 0 Å². The smallest absolute Gasteiger partial charge is 0.274 e. The van der Waals surface area contributed by atoms with Crippen LogP contribution < -0.4 is 5.73 Å². The van der Waals surface area contributed by atoms with Gasteiger partial charge >= 0.3 is 0 Å². The molecule has 6 nitrogen and oxygen atoms in total. The van der Waals surface area contributed by atoms with Crippen LogP contribution in [0, 0.1) is 0 Å². The van der Waals surface area contributed by atoms with Crippen molar-refractivity contribution in [2.45, 2.75) is 31.7 Å². The van der Waals surface area contributed by atoms with Crippen LogP contribution in [0.15, 0.2) is 12.4 Å². The SMILES string of the molecule is Nc1cnc(C(=O)N2CCCCCC2CO)cn1. The number of anilines is 1. The van der Waals surface area contributed by atoms with Crippen molar-refractivity contribution in [2.24, 2.45) is 0 Å². The summed E-state index contributed by atoms with van der Waals surface area (Å²) in [5, 5.41) is 9.38. The minimum Gasteiger partial charge on any atom is -0.394 e. The maximum atomic E-state index is 12.3. The number of aromatic nitrogens is 2. The van der Waals surface area contributed by atoms with Crippen LogP contribution in [-0.2, 0) is 0 Å². The number of aliphatic hydroxyl groups is 1. The number of carbonyl (C=O) groups is 1. The molecule has 0 saturated carbocycles. The molecule has 0 aromatic carbocycles. The molecular weight excluding hydrogens is 232 g/mol. The lowest BCUT2D eigenvalue weighted by molar-refractivity contribution is 0.0593. The van der Waals surface area contributed by atoms with Gasteiger partial charge in [-0.3, -0.25) is 4.79 Å². The van der Waals surface area contributed by atoms with Crippen molar-refractivity contribution in [3.05, 3.63) is 18.1 Å². The molecule has 6 heteroatoms. The number of nitrogens with two attached hydrogens (primary N) is 1. The Bertz CT molecular complexity index is 407. The summed E-state index contributed by atoms with van der Waals surface area (Å²) >= 11 is 0. The van der Waals surface area contributed by atoms with E-state index in [1.807, 2.05) is 0 Å². The number of amides is 1. The largest absolute Gasteiger partial charge is 0.394 e. The molecule has 1 atom stereocenters. The summed E-state index contributed by atoms with van der Waals surface area (Å²) in [5.74, 6) is 0.115. The third-order valence-electron chi connectivity index (χ3n) is 3.24. The average molecular weight is 250 g/mol. The van der Waals surface area contributed by atoms with E-state index < -0.39 is 0 Å². The van der Waals surface area contributed by atoms with E-state index in [2.05, 4.69) is 9.97 Å². The summed E-state index contributed by atoms with van der Waals surface area (Å²) in [5.41, 5.74) is 5.73. The van der Waals surface area contributed by atoms with E-state index in [4.69, 9.17) is 5.73 Å². The molecule has 2 heterocycles. The highest BCUT2D eigenvalue weighted by Crippen LogP contribution is 2.18. The highest BCUT2D eigenvalue weighted by Gasteiger charge is 2.26. The van der Waals surface area contributed by atoms with E-state index in [9.17, 15) is 9.90 Å². The van der Waals surface area contributed by atoms with Crippen molar-refractivity contribution >= 4 is 11.7 Å². The minimum atomic E-state index is -0.177. The fourth-order valence-corrected chi connectivity index (χ4v) is 2.23. The second-order valence-corrected chi connectivity index (χ2v) is 4.51. The first-order valence-corrected chi connectivity index (χ1v) is 6.21. The van der Waals surface area contributed by atoms with Gasteiger partial charge in [0.25, 0.3) is 5.91 Å². The van der Waals surface area contributed by atoms with Crippen LogP contribution in [-0.4, -0.2) is 45.1 Å². The topological polar surface area (TPSA) is 92.3 Å². The van der Waals surface area contributed by atoms with Crippen LogP contribution in [0.2, 0.25) is 0 Å². The quantitative estimate of drug-likeness (QED) is 0.794. The summed E-state index contributed by atoms with van der Waals surface area (Å²) in [6, 6.07) is -0.112. The Hall–Kier alpha value is -1.69. The number of likely N-dealkylation sites (tertiary alicyclic amines) is 1. The Kier molecular flexibility index (Phi) is 4.09. The highest BCUT2D eigenvalue weighted by atomic mass is 16.3. The minimum absolute atomic E-state index is 0.00581. The lowest BCUT2D eigenvalue weighted by Crippen LogP contribution is -2.42. The normalized spacial score (nSPS) is 20.5. The Morgan fingerprint density at radius 3 is 2.89 bits per heavy atom. The third kappa shape index (κ3) is 2.76. The van der Waals surface area contributed by atoms with Gasteiger partial charge in [-0.2, -0.15) is 0 Å².